The van der Waals surface area contributed by atoms with Gasteiger partial charge in [-0.1, -0.05) is 29.8 Å². The molecule has 0 radical (unpaired) electrons. The lowest BCUT2D eigenvalue weighted by molar-refractivity contribution is 0.165. The molecule has 2 aliphatic rings. The molecule has 4 rings (SSSR count). The van der Waals surface area contributed by atoms with E-state index in [4.69, 9.17) is 0 Å². The molecule has 142 valence electrons. The molecule has 2 aromatic rings. The largest absolute Gasteiger partial charge is 0.347 e. The maximum atomic E-state index is 12.9. The Bertz CT molecular complexity index is 833. The predicted molar refractivity (Wildman–Crippen MR) is 106 cm³/mol. The summed E-state index contributed by atoms with van der Waals surface area (Å²) in [5, 5.41) is 0. The van der Waals surface area contributed by atoms with E-state index in [-0.39, 0.29) is 11.4 Å². The van der Waals surface area contributed by atoms with Crippen molar-refractivity contribution in [2.75, 3.05) is 39.1 Å². The molecule has 2 atom stereocenters. The van der Waals surface area contributed by atoms with Crippen LogP contribution in [0.2, 0.25) is 0 Å². The first-order valence-electron chi connectivity index (χ1n) is 9.44. The van der Waals surface area contributed by atoms with Gasteiger partial charge >= 0.3 is 6.03 Å². The lowest BCUT2D eigenvalue weighted by Gasteiger charge is -2.27. The summed E-state index contributed by atoms with van der Waals surface area (Å²) in [7, 11) is 5.67. The summed E-state index contributed by atoms with van der Waals surface area (Å²) in [6.07, 6.45) is 4.78. The Balaban J connectivity index is 1.39. The molecule has 1 aromatic heterocycles. The van der Waals surface area contributed by atoms with E-state index in [1.54, 1.807) is 17.3 Å². The number of piperidine rings is 1. The Hall–Kier alpha value is -2.63. The minimum atomic E-state index is 0.0883. The zero-order chi connectivity index (χ0) is 19.2. The monoisotopic (exact) mass is 365 g/mol. The molecule has 1 aromatic carbocycles. The summed E-state index contributed by atoms with van der Waals surface area (Å²) in [6.45, 7) is 4.30. The van der Waals surface area contributed by atoms with Crippen molar-refractivity contribution in [3.8, 4) is 0 Å². The molecule has 2 amide bonds. The van der Waals surface area contributed by atoms with Gasteiger partial charge in [0.05, 0.1) is 6.54 Å². The summed E-state index contributed by atoms with van der Waals surface area (Å²) >= 11 is 0. The maximum absolute atomic E-state index is 12.9. The van der Waals surface area contributed by atoms with Crippen molar-refractivity contribution in [3.63, 3.8) is 0 Å². The van der Waals surface area contributed by atoms with Gasteiger partial charge in [0.15, 0.2) is 0 Å². The summed E-state index contributed by atoms with van der Waals surface area (Å²) in [5.74, 6) is 1.27. The Morgan fingerprint density at radius 3 is 2.48 bits per heavy atom. The van der Waals surface area contributed by atoms with Gasteiger partial charge in [-0.2, -0.15) is 0 Å². The number of amides is 2. The number of benzene rings is 1. The van der Waals surface area contributed by atoms with Crippen molar-refractivity contribution >= 4 is 12.0 Å². The van der Waals surface area contributed by atoms with Gasteiger partial charge in [0.25, 0.3) is 0 Å². The van der Waals surface area contributed by atoms with Crippen molar-refractivity contribution in [2.45, 2.75) is 25.3 Å². The molecule has 0 N–H and O–H groups in total. The second-order valence-electron chi connectivity index (χ2n) is 8.23. The van der Waals surface area contributed by atoms with Crippen LogP contribution in [0.3, 0.4) is 0 Å². The highest BCUT2D eigenvalue weighted by atomic mass is 16.2. The summed E-state index contributed by atoms with van der Waals surface area (Å²) in [4.78, 5) is 27.2. The molecule has 6 heteroatoms. The highest BCUT2D eigenvalue weighted by Gasteiger charge is 2.61. The Labute approximate surface area is 160 Å². The number of likely N-dealkylation sites (tertiary alicyclic amines) is 1. The minimum Gasteiger partial charge on any atom is -0.347 e. The molecule has 2 heterocycles. The van der Waals surface area contributed by atoms with E-state index in [0.717, 1.165) is 18.7 Å². The molecule has 0 unspecified atom stereocenters. The van der Waals surface area contributed by atoms with Crippen LogP contribution in [0, 0.1) is 12.8 Å². The number of carbonyl (C=O) groups is 1. The van der Waals surface area contributed by atoms with E-state index >= 15 is 0 Å². The van der Waals surface area contributed by atoms with Crippen LogP contribution in [-0.4, -0.2) is 60.0 Å². The highest BCUT2D eigenvalue weighted by Crippen LogP contribution is 2.59. The smallest absolute Gasteiger partial charge is 0.320 e. The van der Waals surface area contributed by atoms with Gasteiger partial charge in [-0.25, -0.2) is 14.8 Å². The van der Waals surface area contributed by atoms with Gasteiger partial charge in [0.2, 0.25) is 5.95 Å². The zero-order valence-corrected chi connectivity index (χ0v) is 16.5. The number of urea groups is 1. The first-order chi connectivity index (χ1) is 12.9. The van der Waals surface area contributed by atoms with Crippen LogP contribution in [0.4, 0.5) is 10.7 Å². The number of rotatable bonds is 4. The number of fused-ring (bicyclic) bond motifs is 1. The summed E-state index contributed by atoms with van der Waals surface area (Å²) in [5.41, 5.74) is 3.78. The quantitative estimate of drug-likeness (QED) is 0.836. The van der Waals surface area contributed by atoms with Crippen LogP contribution < -0.4 is 4.90 Å². The number of hydrogen-bond donors (Lipinski definition) is 0. The number of anilines is 1. The van der Waals surface area contributed by atoms with E-state index in [2.05, 4.69) is 41.2 Å². The SMILES string of the molecule is Cc1ccc([C@]23C[C@H]2CN(C(=O)N(C)Cc2cnc(N(C)C)nc2)C3)cc1. The average molecular weight is 365 g/mol. The normalized spacial score (nSPS) is 23.1. The van der Waals surface area contributed by atoms with Crippen molar-refractivity contribution in [3.05, 3.63) is 53.3 Å². The molecule has 2 fully saturated rings. The van der Waals surface area contributed by atoms with Gasteiger partial charge in [0.1, 0.15) is 0 Å². The minimum absolute atomic E-state index is 0.0883. The highest BCUT2D eigenvalue weighted by molar-refractivity contribution is 5.75. The topological polar surface area (TPSA) is 52.6 Å². The summed E-state index contributed by atoms with van der Waals surface area (Å²) < 4.78 is 0. The van der Waals surface area contributed by atoms with E-state index in [1.165, 1.54) is 17.5 Å². The molecule has 0 spiro atoms. The van der Waals surface area contributed by atoms with Crippen molar-refractivity contribution in [1.82, 2.24) is 19.8 Å². The number of nitrogens with zero attached hydrogens (tertiary/aromatic N) is 5. The zero-order valence-electron chi connectivity index (χ0n) is 16.5. The van der Waals surface area contributed by atoms with Gasteiger partial charge in [0, 0.05) is 57.6 Å². The molecule has 1 aliphatic heterocycles. The molecule has 6 nitrogen and oxygen atoms in total. The van der Waals surface area contributed by atoms with Crippen LogP contribution >= 0.6 is 0 Å². The third kappa shape index (κ3) is 3.24. The van der Waals surface area contributed by atoms with Crippen LogP contribution in [-0.2, 0) is 12.0 Å². The lowest BCUT2D eigenvalue weighted by atomic mass is 9.94. The van der Waals surface area contributed by atoms with Gasteiger partial charge in [-0.3, -0.25) is 0 Å². The second-order valence-corrected chi connectivity index (χ2v) is 8.23. The fourth-order valence-corrected chi connectivity index (χ4v) is 4.20. The predicted octanol–water partition coefficient (Wildman–Crippen LogP) is 2.68. The summed E-state index contributed by atoms with van der Waals surface area (Å²) in [6, 6.07) is 8.90. The van der Waals surface area contributed by atoms with E-state index in [1.807, 2.05) is 30.9 Å². The Morgan fingerprint density at radius 2 is 1.85 bits per heavy atom. The molecule has 1 aliphatic carbocycles. The molecule has 0 bridgehead atoms. The number of hydrogen-bond acceptors (Lipinski definition) is 4. The average Bonchev–Trinajstić information content (AvgIpc) is 3.23. The van der Waals surface area contributed by atoms with Crippen LogP contribution in [0.15, 0.2) is 36.7 Å². The number of carbonyl (C=O) groups excluding carboxylic acids is 1. The van der Waals surface area contributed by atoms with Crippen LogP contribution in [0.1, 0.15) is 23.1 Å². The second kappa shape index (κ2) is 6.51. The Kier molecular flexibility index (Phi) is 4.29. The number of aromatic nitrogens is 2. The maximum Gasteiger partial charge on any atom is 0.320 e. The van der Waals surface area contributed by atoms with E-state index in [0.29, 0.717) is 18.4 Å². The molecular formula is C21H27N5O. The molecule has 1 saturated carbocycles. The van der Waals surface area contributed by atoms with E-state index in [9.17, 15) is 4.79 Å². The first kappa shape index (κ1) is 17.8. The van der Waals surface area contributed by atoms with Crippen molar-refractivity contribution in [1.29, 1.82) is 0 Å². The number of aryl methyl sites for hydroxylation is 1. The van der Waals surface area contributed by atoms with Gasteiger partial charge in [-0.05, 0) is 24.8 Å². The van der Waals surface area contributed by atoms with Crippen molar-refractivity contribution < 1.29 is 4.79 Å². The standard InChI is InChI=1S/C21H27N5O/c1-15-5-7-17(8-6-15)21-9-18(21)13-26(14-21)20(27)25(4)12-16-10-22-19(23-11-16)24(2)3/h5-8,10-11,18H,9,12-14H2,1-4H3/t18-,21+/m0/s1. The van der Waals surface area contributed by atoms with Crippen LogP contribution in [0.25, 0.3) is 0 Å². The van der Waals surface area contributed by atoms with Gasteiger partial charge < -0.3 is 14.7 Å². The lowest BCUT2D eigenvalue weighted by Crippen LogP contribution is -2.41. The first-order valence-corrected chi connectivity index (χ1v) is 9.44. The third-order valence-corrected chi connectivity index (χ3v) is 5.88. The molecular weight excluding hydrogens is 338 g/mol. The Morgan fingerprint density at radius 1 is 1.19 bits per heavy atom. The van der Waals surface area contributed by atoms with Crippen LogP contribution in [0.5, 0.6) is 0 Å². The molecule has 1 saturated heterocycles. The van der Waals surface area contributed by atoms with Crippen molar-refractivity contribution in [2.24, 2.45) is 5.92 Å². The fraction of sp³-hybridized carbons (Fsp3) is 0.476. The fourth-order valence-electron chi connectivity index (χ4n) is 4.20. The van der Waals surface area contributed by atoms with E-state index < -0.39 is 0 Å². The molecule has 27 heavy (non-hydrogen) atoms. The van der Waals surface area contributed by atoms with Gasteiger partial charge in [-0.15, -0.1) is 0 Å². The third-order valence-electron chi connectivity index (χ3n) is 5.88.